The van der Waals surface area contributed by atoms with Crippen LogP contribution in [0.1, 0.15) is 19.8 Å². The predicted octanol–water partition coefficient (Wildman–Crippen LogP) is -0.675. The van der Waals surface area contributed by atoms with Crippen molar-refractivity contribution in [1.82, 2.24) is 0 Å². The summed E-state index contributed by atoms with van der Waals surface area (Å²) in [4.78, 5) is 33.3. The van der Waals surface area contributed by atoms with Gasteiger partial charge in [0.2, 0.25) is 0 Å². The second kappa shape index (κ2) is 10.8. The minimum Gasteiger partial charge on any atom is -0.463 e. The van der Waals surface area contributed by atoms with Crippen LogP contribution >= 0.6 is 0 Å². The molecular formula is C13H20O8. The van der Waals surface area contributed by atoms with E-state index in [4.69, 9.17) is 9.84 Å². The fourth-order valence-electron chi connectivity index (χ4n) is 1.04. The minimum atomic E-state index is -1.15. The molecule has 21 heavy (non-hydrogen) atoms. The van der Waals surface area contributed by atoms with E-state index in [0.717, 1.165) is 0 Å². The number of rotatable bonds is 10. The molecule has 8 heteroatoms. The van der Waals surface area contributed by atoms with Crippen molar-refractivity contribution >= 4 is 17.9 Å². The van der Waals surface area contributed by atoms with Gasteiger partial charge in [0.25, 0.3) is 0 Å². The summed E-state index contributed by atoms with van der Waals surface area (Å²) >= 11 is 0. The molecule has 0 saturated heterocycles. The van der Waals surface area contributed by atoms with Crippen molar-refractivity contribution < 1.29 is 38.8 Å². The Kier molecular flexibility index (Phi) is 9.82. The van der Waals surface area contributed by atoms with Crippen LogP contribution in [-0.2, 0) is 28.6 Å². The van der Waals surface area contributed by atoms with Crippen LogP contribution in [0.4, 0.5) is 0 Å². The molecule has 0 fully saturated rings. The molecule has 0 aromatic carbocycles. The van der Waals surface area contributed by atoms with Crippen molar-refractivity contribution in [2.75, 3.05) is 26.4 Å². The third-order valence-electron chi connectivity index (χ3n) is 2.08. The first-order chi connectivity index (χ1) is 9.86. The molecule has 0 aliphatic rings. The van der Waals surface area contributed by atoms with Crippen LogP contribution in [0.2, 0.25) is 0 Å². The Morgan fingerprint density at radius 1 is 1.05 bits per heavy atom. The number of esters is 3. The number of aliphatic hydroxyl groups is 2. The lowest BCUT2D eigenvalue weighted by molar-refractivity contribution is -0.154. The highest BCUT2D eigenvalue weighted by Gasteiger charge is 2.13. The molecule has 120 valence electrons. The number of carbonyl (C=O) groups is 3. The lowest BCUT2D eigenvalue weighted by Gasteiger charge is -2.11. The average molecular weight is 304 g/mol. The van der Waals surface area contributed by atoms with Crippen molar-refractivity contribution in [1.29, 1.82) is 0 Å². The highest BCUT2D eigenvalue weighted by atomic mass is 16.6. The maximum Gasteiger partial charge on any atom is 0.333 e. The maximum absolute atomic E-state index is 11.3. The third kappa shape index (κ3) is 10.5. The van der Waals surface area contributed by atoms with E-state index >= 15 is 0 Å². The number of carbonyl (C=O) groups excluding carboxylic acids is 3. The van der Waals surface area contributed by atoms with E-state index in [-0.39, 0.29) is 44.8 Å². The van der Waals surface area contributed by atoms with E-state index in [9.17, 15) is 19.5 Å². The second-order valence-corrected chi connectivity index (χ2v) is 4.16. The molecule has 0 radical (unpaired) electrons. The molecular weight excluding hydrogens is 284 g/mol. The van der Waals surface area contributed by atoms with Gasteiger partial charge in [-0.15, -0.1) is 0 Å². The summed E-state index contributed by atoms with van der Waals surface area (Å²) in [5.74, 6) is -1.97. The average Bonchev–Trinajstić information content (AvgIpc) is 2.45. The molecule has 0 aromatic rings. The van der Waals surface area contributed by atoms with Gasteiger partial charge in [-0.05, 0) is 6.92 Å². The number of hydrogen-bond acceptors (Lipinski definition) is 8. The Morgan fingerprint density at radius 3 is 2.10 bits per heavy atom. The van der Waals surface area contributed by atoms with E-state index in [2.05, 4.69) is 16.1 Å². The smallest absolute Gasteiger partial charge is 0.333 e. The number of ether oxygens (including phenoxy) is 3. The van der Waals surface area contributed by atoms with Crippen LogP contribution < -0.4 is 0 Å². The largest absolute Gasteiger partial charge is 0.463 e. The molecule has 0 heterocycles. The molecule has 2 N–H and O–H groups in total. The number of aliphatic hydroxyl groups excluding tert-OH is 2. The molecule has 0 aliphatic heterocycles. The van der Waals surface area contributed by atoms with Gasteiger partial charge < -0.3 is 24.4 Å². The molecule has 0 aromatic heterocycles. The van der Waals surface area contributed by atoms with Crippen molar-refractivity contribution in [3.8, 4) is 0 Å². The quantitative estimate of drug-likeness (QED) is 0.310. The molecule has 0 aliphatic carbocycles. The zero-order valence-electron chi connectivity index (χ0n) is 11.9. The summed E-state index contributed by atoms with van der Waals surface area (Å²) in [6.45, 7) is 3.75. The first kappa shape index (κ1) is 19.1. The molecule has 1 unspecified atom stereocenters. The molecule has 8 nitrogen and oxygen atoms in total. The van der Waals surface area contributed by atoms with Gasteiger partial charge in [0.15, 0.2) is 0 Å². The zero-order chi connectivity index (χ0) is 16.3. The van der Waals surface area contributed by atoms with Gasteiger partial charge in [0.1, 0.15) is 25.9 Å². The van der Waals surface area contributed by atoms with Crippen molar-refractivity contribution in [3.05, 3.63) is 12.2 Å². The van der Waals surface area contributed by atoms with Crippen LogP contribution in [0.3, 0.4) is 0 Å². The number of hydrogen-bond donors (Lipinski definition) is 2. The van der Waals surface area contributed by atoms with Crippen molar-refractivity contribution in [2.45, 2.75) is 25.9 Å². The van der Waals surface area contributed by atoms with Crippen LogP contribution in [0.5, 0.6) is 0 Å². The van der Waals surface area contributed by atoms with Gasteiger partial charge in [0.05, 0.1) is 19.4 Å². The molecule has 0 bridgehead atoms. The molecule has 0 rings (SSSR count). The SMILES string of the molecule is C=C(C)C(=O)OCC(O)COC(=O)CCC(=O)OCCO. The van der Waals surface area contributed by atoms with Gasteiger partial charge in [0, 0.05) is 5.57 Å². The first-order valence-corrected chi connectivity index (χ1v) is 6.29. The standard InChI is InChI=1S/C13H20O8/c1-9(2)13(18)21-8-10(15)7-20-12(17)4-3-11(16)19-6-5-14/h10,14-15H,1,3-8H2,2H3. The molecule has 0 saturated carbocycles. The lowest BCUT2D eigenvalue weighted by atomic mass is 10.3. The van der Waals surface area contributed by atoms with Crippen LogP contribution in [-0.4, -0.2) is 60.7 Å². The monoisotopic (exact) mass is 304 g/mol. The van der Waals surface area contributed by atoms with Gasteiger partial charge in [-0.1, -0.05) is 6.58 Å². The Balaban J connectivity index is 3.75. The van der Waals surface area contributed by atoms with E-state index in [1.165, 1.54) is 6.92 Å². The molecule has 1 atom stereocenters. The lowest BCUT2D eigenvalue weighted by Crippen LogP contribution is -2.25. The predicted molar refractivity (Wildman–Crippen MR) is 70.0 cm³/mol. The summed E-state index contributed by atoms with van der Waals surface area (Å²) in [6.07, 6.45) is -1.54. The van der Waals surface area contributed by atoms with E-state index in [0.29, 0.717) is 0 Å². The van der Waals surface area contributed by atoms with Gasteiger partial charge >= 0.3 is 17.9 Å². The van der Waals surface area contributed by atoms with Gasteiger partial charge in [-0.3, -0.25) is 9.59 Å². The summed E-state index contributed by atoms with van der Waals surface area (Å²) < 4.78 is 13.9. The summed E-state index contributed by atoms with van der Waals surface area (Å²) in [5.41, 5.74) is 0.195. The summed E-state index contributed by atoms with van der Waals surface area (Å²) in [5, 5.41) is 17.8. The third-order valence-corrected chi connectivity index (χ3v) is 2.08. The summed E-state index contributed by atoms with van der Waals surface area (Å²) in [7, 11) is 0. The topological polar surface area (TPSA) is 119 Å². The Bertz CT molecular complexity index is 376. The van der Waals surface area contributed by atoms with Gasteiger partial charge in [-0.2, -0.15) is 0 Å². The van der Waals surface area contributed by atoms with Crippen LogP contribution in [0.25, 0.3) is 0 Å². The Labute approximate surface area is 122 Å². The Morgan fingerprint density at radius 2 is 1.57 bits per heavy atom. The van der Waals surface area contributed by atoms with E-state index < -0.39 is 24.0 Å². The van der Waals surface area contributed by atoms with Gasteiger partial charge in [-0.25, -0.2) is 4.79 Å². The fourth-order valence-corrected chi connectivity index (χ4v) is 1.04. The molecule has 0 spiro atoms. The second-order valence-electron chi connectivity index (χ2n) is 4.16. The molecule has 0 amide bonds. The minimum absolute atomic E-state index is 0.124. The highest BCUT2D eigenvalue weighted by Crippen LogP contribution is 1.99. The summed E-state index contributed by atoms with van der Waals surface area (Å²) in [6, 6.07) is 0. The zero-order valence-corrected chi connectivity index (χ0v) is 11.9. The van der Waals surface area contributed by atoms with Crippen molar-refractivity contribution in [3.63, 3.8) is 0 Å². The fraction of sp³-hybridized carbons (Fsp3) is 0.615. The van der Waals surface area contributed by atoms with Crippen LogP contribution in [0, 0.1) is 0 Å². The normalized spacial score (nSPS) is 11.4. The van der Waals surface area contributed by atoms with E-state index in [1.807, 2.05) is 0 Å². The van der Waals surface area contributed by atoms with Crippen molar-refractivity contribution in [2.24, 2.45) is 0 Å². The maximum atomic E-state index is 11.3. The highest BCUT2D eigenvalue weighted by molar-refractivity contribution is 5.86. The van der Waals surface area contributed by atoms with E-state index in [1.54, 1.807) is 0 Å². The Hall–Kier alpha value is -1.93. The van der Waals surface area contributed by atoms with Crippen LogP contribution in [0.15, 0.2) is 12.2 Å². The first-order valence-electron chi connectivity index (χ1n) is 6.29.